The Hall–Kier alpha value is -2.24. The zero-order valence-corrected chi connectivity index (χ0v) is 23.3. The van der Waals surface area contributed by atoms with Crippen molar-refractivity contribution in [3.63, 3.8) is 0 Å². The number of β-amino-alcohol motifs (C(OH)–C–C–N with tert-alkyl or cyclic N) is 1. The highest BCUT2D eigenvalue weighted by atomic mass is 16.5. The van der Waals surface area contributed by atoms with E-state index in [4.69, 9.17) is 30.3 Å². The van der Waals surface area contributed by atoms with Crippen LogP contribution in [0.3, 0.4) is 0 Å². The minimum atomic E-state index is -0.833. The molecule has 0 bridgehead atoms. The van der Waals surface area contributed by atoms with Crippen molar-refractivity contribution >= 4 is 11.9 Å². The van der Waals surface area contributed by atoms with E-state index in [9.17, 15) is 5.11 Å². The minimum absolute atomic E-state index is 0.357. The molecule has 216 valence electrons. The number of rotatable bonds is 7. The molecule has 38 heavy (non-hydrogen) atoms. The van der Waals surface area contributed by atoms with Crippen LogP contribution in [0, 0.1) is 5.41 Å². The Morgan fingerprint density at radius 1 is 0.974 bits per heavy atom. The van der Waals surface area contributed by atoms with Gasteiger partial charge in [0.2, 0.25) is 0 Å². The molecule has 1 atom stereocenters. The van der Waals surface area contributed by atoms with Crippen LogP contribution in [0.4, 0.5) is 0 Å². The Bertz CT molecular complexity index is 816. The summed E-state index contributed by atoms with van der Waals surface area (Å²) in [4.78, 5) is 25.3. The van der Waals surface area contributed by atoms with Gasteiger partial charge >= 0.3 is 0 Å². The molecule has 0 aliphatic carbocycles. The number of ether oxygens (including phenoxy) is 1. The molecule has 3 fully saturated rings. The molecule has 0 amide bonds. The maximum absolute atomic E-state index is 10.5. The van der Waals surface area contributed by atoms with Gasteiger partial charge in [-0.3, -0.25) is 14.5 Å². The van der Waals surface area contributed by atoms with Crippen molar-refractivity contribution in [1.29, 1.82) is 0 Å². The molecule has 5 N–H and O–H groups in total. The second kappa shape index (κ2) is 16.0. The highest BCUT2D eigenvalue weighted by Gasteiger charge is 2.40. The third-order valence-electron chi connectivity index (χ3n) is 7.44. The van der Waals surface area contributed by atoms with E-state index in [-0.39, 0.29) is 0 Å². The number of aliphatic carboxylic acids is 2. The number of nitrogens with two attached hydrogens (primary N) is 1. The van der Waals surface area contributed by atoms with Crippen molar-refractivity contribution in [3.05, 3.63) is 29.8 Å². The van der Waals surface area contributed by atoms with Crippen LogP contribution in [0.25, 0.3) is 0 Å². The number of hydrogen-bond acceptors (Lipinski definition) is 8. The molecule has 1 aromatic carbocycles. The second-order valence-electron chi connectivity index (χ2n) is 11.0. The van der Waals surface area contributed by atoms with Crippen LogP contribution < -0.4 is 10.5 Å². The first-order valence-electron chi connectivity index (χ1n) is 13.6. The molecule has 1 spiro atoms. The standard InChI is InChI=1S/C24H40N4O2.2C2H4O2/c1-26-13-8-24(9-14-26)10-15-28(19-24)17-22(29)18-30-23-4-2-20(3-5-23)16-27-11-6-21(25)7-12-27;2*1-2(3)4/h2-5,21-22,29H,6-19,25H2,1H3;2*1H3,(H,3,4). The molecule has 3 saturated heterocycles. The molecule has 4 rings (SSSR count). The average molecular weight is 537 g/mol. The number of nitrogens with zero attached hydrogens (tertiary/aromatic N) is 3. The first-order valence-corrected chi connectivity index (χ1v) is 13.6. The number of carbonyl (C=O) groups is 2. The number of carboxylic acid groups (broad SMARTS) is 2. The van der Waals surface area contributed by atoms with Gasteiger partial charge in [0.05, 0.1) is 0 Å². The molecule has 1 unspecified atom stereocenters. The summed E-state index contributed by atoms with van der Waals surface area (Å²) in [5, 5.41) is 25.3. The smallest absolute Gasteiger partial charge is 0.300 e. The van der Waals surface area contributed by atoms with Gasteiger partial charge < -0.3 is 35.6 Å². The first kappa shape index (κ1) is 32.0. The lowest BCUT2D eigenvalue weighted by atomic mass is 9.78. The summed E-state index contributed by atoms with van der Waals surface area (Å²) in [6, 6.07) is 8.71. The molecule has 0 saturated carbocycles. The molecule has 3 heterocycles. The first-order chi connectivity index (χ1) is 18.0. The molecule has 3 aliphatic rings. The molecule has 1 aromatic rings. The number of benzene rings is 1. The van der Waals surface area contributed by atoms with Crippen molar-refractivity contribution < 1.29 is 29.6 Å². The van der Waals surface area contributed by atoms with Gasteiger partial charge in [-0.15, -0.1) is 0 Å². The molecule has 10 heteroatoms. The minimum Gasteiger partial charge on any atom is -0.491 e. The van der Waals surface area contributed by atoms with Crippen LogP contribution in [-0.2, 0) is 16.1 Å². The third kappa shape index (κ3) is 12.5. The molecule has 0 aromatic heterocycles. The summed E-state index contributed by atoms with van der Waals surface area (Å²) in [7, 11) is 2.22. The zero-order valence-electron chi connectivity index (χ0n) is 23.3. The quantitative estimate of drug-likeness (QED) is 0.409. The van der Waals surface area contributed by atoms with Gasteiger partial charge in [0.1, 0.15) is 18.5 Å². The van der Waals surface area contributed by atoms with E-state index in [0.29, 0.717) is 24.6 Å². The number of likely N-dealkylation sites (tertiary alicyclic amines) is 3. The Morgan fingerprint density at radius 2 is 1.50 bits per heavy atom. The van der Waals surface area contributed by atoms with E-state index in [1.807, 2.05) is 12.1 Å². The normalized spacial score (nSPS) is 21.1. The van der Waals surface area contributed by atoms with Gasteiger partial charge in [-0.2, -0.15) is 0 Å². The van der Waals surface area contributed by atoms with Crippen molar-refractivity contribution in [2.75, 3.05) is 59.5 Å². The van der Waals surface area contributed by atoms with Crippen LogP contribution in [0.5, 0.6) is 5.75 Å². The topological polar surface area (TPSA) is 140 Å². The van der Waals surface area contributed by atoms with Crippen molar-refractivity contribution in [2.45, 2.75) is 64.6 Å². The van der Waals surface area contributed by atoms with Crippen molar-refractivity contribution in [2.24, 2.45) is 11.1 Å². The third-order valence-corrected chi connectivity index (χ3v) is 7.44. The SMILES string of the molecule is CC(=O)O.CC(=O)O.CN1CCC2(CC1)CCN(CC(O)COc1ccc(CN3CCC(N)CC3)cc1)C2. The lowest BCUT2D eigenvalue weighted by Crippen LogP contribution is -2.41. The van der Waals surface area contributed by atoms with Crippen LogP contribution >= 0.6 is 0 Å². The summed E-state index contributed by atoms with van der Waals surface area (Å²) in [5.74, 6) is -0.827. The highest BCUT2D eigenvalue weighted by molar-refractivity contribution is 5.63. The van der Waals surface area contributed by atoms with Crippen LogP contribution in [0.2, 0.25) is 0 Å². The van der Waals surface area contributed by atoms with Gasteiger partial charge in [-0.25, -0.2) is 0 Å². The number of carboxylic acids is 2. The van der Waals surface area contributed by atoms with Gasteiger partial charge in [-0.1, -0.05) is 12.1 Å². The van der Waals surface area contributed by atoms with E-state index in [0.717, 1.165) is 65.2 Å². The monoisotopic (exact) mass is 536 g/mol. The summed E-state index contributed by atoms with van der Waals surface area (Å²) in [5.41, 5.74) is 7.79. The Balaban J connectivity index is 0.000000559. The van der Waals surface area contributed by atoms with Gasteiger partial charge in [-0.05, 0) is 95.0 Å². The predicted molar refractivity (Wildman–Crippen MR) is 147 cm³/mol. The van der Waals surface area contributed by atoms with E-state index in [2.05, 4.69) is 33.9 Å². The average Bonchev–Trinajstić information content (AvgIpc) is 3.23. The predicted octanol–water partition coefficient (Wildman–Crippen LogP) is 1.95. The van der Waals surface area contributed by atoms with Crippen LogP contribution in [-0.4, -0.2) is 114 Å². The molecular formula is C28H48N4O6. The van der Waals surface area contributed by atoms with Gasteiger partial charge in [0.25, 0.3) is 11.9 Å². The summed E-state index contributed by atoms with van der Waals surface area (Å²) >= 11 is 0. The Morgan fingerprint density at radius 3 is 2.05 bits per heavy atom. The molecule has 10 nitrogen and oxygen atoms in total. The fourth-order valence-corrected chi connectivity index (χ4v) is 5.29. The van der Waals surface area contributed by atoms with E-state index in [1.165, 1.54) is 37.9 Å². The van der Waals surface area contributed by atoms with Crippen molar-refractivity contribution in [3.8, 4) is 5.75 Å². The number of hydrogen-bond donors (Lipinski definition) is 4. The number of piperidine rings is 2. The summed E-state index contributed by atoms with van der Waals surface area (Å²) in [6.07, 6.45) is 5.61. The zero-order chi connectivity index (χ0) is 28.1. The second-order valence-corrected chi connectivity index (χ2v) is 11.0. The lowest BCUT2D eigenvalue weighted by Gasteiger charge is -2.38. The lowest BCUT2D eigenvalue weighted by molar-refractivity contribution is -0.135. The van der Waals surface area contributed by atoms with Gasteiger partial charge in [0.15, 0.2) is 0 Å². The van der Waals surface area contributed by atoms with Crippen LogP contribution in [0.15, 0.2) is 24.3 Å². The van der Waals surface area contributed by atoms with Crippen LogP contribution in [0.1, 0.15) is 51.5 Å². The highest BCUT2D eigenvalue weighted by Crippen LogP contribution is 2.40. The maximum atomic E-state index is 10.5. The number of aliphatic hydroxyl groups excluding tert-OH is 1. The fourth-order valence-electron chi connectivity index (χ4n) is 5.29. The van der Waals surface area contributed by atoms with Crippen molar-refractivity contribution in [1.82, 2.24) is 14.7 Å². The molecule has 3 aliphatic heterocycles. The maximum Gasteiger partial charge on any atom is 0.300 e. The Labute approximate surface area is 227 Å². The largest absolute Gasteiger partial charge is 0.491 e. The van der Waals surface area contributed by atoms with E-state index >= 15 is 0 Å². The molecule has 0 radical (unpaired) electrons. The summed E-state index contributed by atoms with van der Waals surface area (Å²) in [6.45, 7) is 11.0. The van der Waals surface area contributed by atoms with E-state index < -0.39 is 18.0 Å². The number of aliphatic hydroxyl groups is 1. The Kier molecular flexibility index (Phi) is 13.5. The fraction of sp³-hybridized carbons (Fsp3) is 0.714. The van der Waals surface area contributed by atoms with Gasteiger partial charge in [0, 0.05) is 39.5 Å². The van der Waals surface area contributed by atoms with E-state index in [1.54, 1.807) is 0 Å². The summed E-state index contributed by atoms with van der Waals surface area (Å²) < 4.78 is 5.87. The molecular weight excluding hydrogens is 488 g/mol.